The van der Waals surface area contributed by atoms with Gasteiger partial charge in [-0.15, -0.1) is 0 Å². The number of ether oxygens (including phenoxy) is 2. The SMILES string of the molecule is CCCCCCOC(=N)C(=N)C1=CCC[N+](C)(C(C)OC(=O)Cl)C1.CO. The molecule has 1 aliphatic rings. The lowest BCUT2D eigenvalue weighted by molar-refractivity contribution is -0.946. The van der Waals surface area contributed by atoms with Crippen LogP contribution in [0, 0.1) is 10.8 Å². The van der Waals surface area contributed by atoms with Crippen molar-refractivity contribution in [2.24, 2.45) is 0 Å². The predicted octanol–water partition coefficient (Wildman–Crippen LogP) is 3.69. The Bertz CT molecular complexity index is 511. The fourth-order valence-corrected chi connectivity index (χ4v) is 2.87. The van der Waals surface area contributed by atoms with E-state index in [1.807, 2.05) is 13.1 Å². The fraction of sp³-hybridized carbons (Fsp3) is 0.722. The van der Waals surface area contributed by atoms with Crippen LogP contribution in [0.1, 0.15) is 46.0 Å². The number of nitrogens with one attached hydrogen (secondary N) is 2. The summed E-state index contributed by atoms with van der Waals surface area (Å²) in [6.45, 7) is 5.70. The van der Waals surface area contributed by atoms with Crippen LogP contribution in [0.15, 0.2) is 11.6 Å². The molecule has 0 aromatic carbocycles. The molecule has 150 valence electrons. The highest BCUT2D eigenvalue weighted by molar-refractivity contribution is 6.61. The first-order valence-corrected chi connectivity index (χ1v) is 9.32. The largest absolute Gasteiger partial charge is 0.477 e. The highest BCUT2D eigenvalue weighted by Crippen LogP contribution is 2.23. The quantitative estimate of drug-likeness (QED) is 0.183. The van der Waals surface area contributed by atoms with Crippen molar-refractivity contribution in [3.05, 3.63) is 11.6 Å². The molecule has 3 N–H and O–H groups in total. The third-order valence-electron chi connectivity index (χ3n) is 4.50. The standard InChI is InChI=1S/C17H29ClN3O3.CH4O/c1-4-5-6-7-11-23-16(20)15(19)14-9-8-10-21(3,12-14)13(2)24-17(18)22;1-2/h9,13,19-20H,4-8,10-12H2,1-3H3;2H,1H3/q+1;. The molecular formula is C18H33ClN3O4+. The zero-order valence-electron chi connectivity index (χ0n) is 16.3. The lowest BCUT2D eigenvalue weighted by Gasteiger charge is -2.41. The maximum Gasteiger partial charge on any atom is 0.408 e. The Morgan fingerprint density at radius 2 is 2.00 bits per heavy atom. The van der Waals surface area contributed by atoms with Gasteiger partial charge in [-0.05, 0) is 6.42 Å². The minimum atomic E-state index is -0.823. The molecule has 1 aliphatic heterocycles. The van der Waals surface area contributed by atoms with E-state index in [-0.39, 0.29) is 11.6 Å². The van der Waals surface area contributed by atoms with Crippen molar-refractivity contribution in [2.45, 2.75) is 52.2 Å². The number of rotatable bonds is 9. The Balaban J connectivity index is 0.00000301. The van der Waals surface area contributed by atoms with E-state index in [1.54, 1.807) is 6.92 Å². The van der Waals surface area contributed by atoms with Crippen molar-refractivity contribution >= 4 is 28.6 Å². The van der Waals surface area contributed by atoms with Gasteiger partial charge in [-0.2, -0.15) is 0 Å². The van der Waals surface area contributed by atoms with Crippen LogP contribution in [0.3, 0.4) is 0 Å². The number of aliphatic hydroxyl groups is 1. The summed E-state index contributed by atoms with van der Waals surface area (Å²) in [5.74, 6) is -0.0896. The number of halogens is 1. The van der Waals surface area contributed by atoms with Gasteiger partial charge in [-0.25, -0.2) is 4.79 Å². The predicted molar refractivity (Wildman–Crippen MR) is 104 cm³/mol. The second kappa shape index (κ2) is 12.8. The molecule has 0 saturated heterocycles. The van der Waals surface area contributed by atoms with E-state index in [1.165, 1.54) is 0 Å². The number of carbonyl (C=O) groups excluding carboxylic acids is 1. The molecule has 0 fully saturated rings. The smallest absolute Gasteiger partial charge is 0.408 e. The van der Waals surface area contributed by atoms with Gasteiger partial charge in [-0.3, -0.25) is 15.3 Å². The molecule has 7 nitrogen and oxygen atoms in total. The van der Waals surface area contributed by atoms with Gasteiger partial charge < -0.3 is 14.6 Å². The van der Waals surface area contributed by atoms with E-state index in [2.05, 4.69) is 6.92 Å². The molecule has 0 aliphatic carbocycles. The molecule has 0 radical (unpaired) electrons. The van der Waals surface area contributed by atoms with Gasteiger partial charge in [0.1, 0.15) is 12.3 Å². The maximum atomic E-state index is 11.0. The molecule has 8 heteroatoms. The second-order valence-corrected chi connectivity index (χ2v) is 6.76. The van der Waals surface area contributed by atoms with Crippen molar-refractivity contribution in [1.82, 2.24) is 0 Å². The van der Waals surface area contributed by atoms with Crippen molar-refractivity contribution in [3.63, 3.8) is 0 Å². The first-order valence-electron chi connectivity index (χ1n) is 8.95. The van der Waals surface area contributed by atoms with E-state index in [0.717, 1.165) is 51.3 Å². The summed E-state index contributed by atoms with van der Waals surface area (Å²) >= 11 is 5.31. The summed E-state index contributed by atoms with van der Waals surface area (Å²) < 4.78 is 10.9. The summed E-state index contributed by atoms with van der Waals surface area (Å²) in [4.78, 5) is 11.0. The van der Waals surface area contributed by atoms with Gasteiger partial charge in [0.2, 0.25) is 12.1 Å². The number of likely N-dealkylation sites (N-methyl/N-ethyl adjacent to an activating group) is 1. The van der Waals surface area contributed by atoms with Gasteiger partial charge >= 0.3 is 5.43 Å². The normalized spacial score (nSPS) is 20.2. The highest BCUT2D eigenvalue weighted by Gasteiger charge is 2.36. The van der Waals surface area contributed by atoms with Gasteiger partial charge in [0.05, 0.1) is 20.2 Å². The van der Waals surface area contributed by atoms with Gasteiger partial charge in [0.15, 0.2) is 0 Å². The molecule has 1 rings (SSSR count). The van der Waals surface area contributed by atoms with Gasteiger partial charge in [-0.1, -0.05) is 32.3 Å². The lowest BCUT2D eigenvalue weighted by Crippen LogP contribution is -2.56. The highest BCUT2D eigenvalue weighted by atomic mass is 35.5. The minimum absolute atomic E-state index is 0.0896. The van der Waals surface area contributed by atoms with Gasteiger partial charge in [0.25, 0.3) is 0 Å². The van der Waals surface area contributed by atoms with E-state index in [9.17, 15) is 4.79 Å². The molecule has 0 spiro atoms. The molecule has 0 aromatic heterocycles. The summed E-state index contributed by atoms with van der Waals surface area (Å²) in [5, 5.41) is 23.2. The first-order chi connectivity index (χ1) is 12.3. The Hall–Kier alpha value is -1.44. The van der Waals surface area contributed by atoms with Crippen LogP contribution in [0.4, 0.5) is 4.79 Å². The van der Waals surface area contributed by atoms with E-state index in [4.69, 9.17) is 37.0 Å². The number of unbranched alkanes of at least 4 members (excludes halogenated alkanes) is 3. The minimum Gasteiger partial charge on any atom is -0.477 e. The molecule has 0 aromatic rings. The van der Waals surface area contributed by atoms with Crippen LogP contribution >= 0.6 is 11.6 Å². The zero-order chi connectivity index (χ0) is 20.2. The fourth-order valence-electron chi connectivity index (χ4n) is 2.74. The number of nitrogens with zero attached hydrogens (tertiary/aromatic N) is 1. The summed E-state index contributed by atoms with van der Waals surface area (Å²) in [6, 6.07) is 0. The topological polar surface area (TPSA) is 103 Å². The molecule has 1 heterocycles. The average molecular weight is 391 g/mol. The molecule has 0 saturated carbocycles. The number of carbonyl (C=O) groups is 1. The number of quaternary nitrogens is 1. The Morgan fingerprint density at radius 3 is 2.58 bits per heavy atom. The van der Waals surface area contributed by atoms with Crippen LogP contribution in [0.2, 0.25) is 0 Å². The number of hydrogen-bond acceptors (Lipinski definition) is 6. The Morgan fingerprint density at radius 1 is 1.35 bits per heavy atom. The Labute approximate surface area is 161 Å². The Kier molecular flexibility index (Phi) is 12.1. The lowest BCUT2D eigenvalue weighted by atomic mass is 10.0. The summed E-state index contributed by atoms with van der Waals surface area (Å²) in [7, 11) is 2.96. The van der Waals surface area contributed by atoms with Crippen LogP contribution < -0.4 is 0 Å². The van der Waals surface area contributed by atoms with Crippen molar-refractivity contribution in [1.29, 1.82) is 10.8 Å². The molecule has 2 atom stereocenters. The summed E-state index contributed by atoms with van der Waals surface area (Å²) in [5.41, 5.74) is 0.0370. The first kappa shape index (κ1) is 24.6. The van der Waals surface area contributed by atoms with E-state index >= 15 is 0 Å². The van der Waals surface area contributed by atoms with Gasteiger partial charge in [0, 0.05) is 37.6 Å². The van der Waals surface area contributed by atoms with Crippen molar-refractivity contribution in [2.75, 3.05) is 33.9 Å². The number of aliphatic hydroxyl groups excluding tert-OH is 1. The molecule has 0 bridgehead atoms. The maximum absolute atomic E-state index is 11.0. The van der Waals surface area contributed by atoms with Crippen LogP contribution in [0.5, 0.6) is 0 Å². The molecular weight excluding hydrogens is 358 g/mol. The third kappa shape index (κ3) is 8.29. The van der Waals surface area contributed by atoms with Crippen molar-refractivity contribution in [3.8, 4) is 0 Å². The van der Waals surface area contributed by atoms with E-state index in [0.29, 0.717) is 17.6 Å². The molecule has 2 unspecified atom stereocenters. The molecule has 26 heavy (non-hydrogen) atoms. The second-order valence-electron chi connectivity index (χ2n) is 6.45. The zero-order valence-corrected chi connectivity index (χ0v) is 17.1. The number of hydrogen-bond donors (Lipinski definition) is 3. The van der Waals surface area contributed by atoms with Crippen LogP contribution in [-0.2, 0) is 9.47 Å². The van der Waals surface area contributed by atoms with Crippen LogP contribution in [-0.4, -0.2) is 66.7 Å². The average Bonchev–Trinajstić information content (AvgIpc) is 2.62. The van der Waals surface area contributed by atoms with Crippen LogP contribution in [0.25, 0.3) is 0 Å². The third-order valence-corrected chi connectivity index (χ3v) is 4.58. The monoisotopic (exact) mass is 390 g/mol. The summed E-state index contributed by atoms with van der Waals surface area (Å²) in [6.07, 6.45) is 6.60. The van der Waals surface area contributed by atoms with E-state index < -0.39 is 11.7 Å². The van der Waals surface area contributed by atoms with Crippen molar-refractivity contribution < 1.29 is 23.9 Å². The molecule has 0 amide bonds.